The Morgan fingerprint density at radius 3 is 2.67 bits per heavy atom. The van der Waals surface area contributed by atoms with E-state index in [1.54, 1.807) is 0 Å². The summed E-state index contributed by atoms with van der Waals surface area (Å²) >= 11 is 5.67. The molecule has 5 nitrogen and oxygen atoms in total. The molecule has 0 saturated heterocycles. The van der Waals surface area contributed by atoms with E-state index >= 15 is 0 Å². The number of carboxylic acid groups (broad SMARTS) is 1. The minimum atomic E-state index is -3.24. The smallest absolute Gasteiger partial charge is 0.354 e. The molecule has 0 radical (unpaired) electrons. The van der Waals surface area contributed by atoms with Gasteiger partial charge in [-0.3, -0.25) is 0 Å². The standard InChI is InChI=1S/C13H9ClF2N2O3/c1-13(15,16)8-2-3-9(12(19)20)18-11(8)21-7-4-5-17-10(14)6-7/h2-6H,1H3,(H,19,20). The normalized spacial score (nSPS) is 11.2. The van der Waals surface area contributed by atoms with Crippen molar-refractivity contribution in [3.63, 3.8) is 0 Å². The van der Waals surface area contributed by atoms with Gasteiger partial charge in [0.15, 0.2) is 5.69 Å². The van der Waals surface area contributed by atoms with Crippen molar-refractivity contribution in [3.05, 3.63) is 46.9 Å². The Labute approximate surface area is 123 Å². The highest BCUT2D eigenvalue weighted by atomic mass is 35.5. The monoisotopic (exact) mass is 314 g/mol. The van der Waals surface area contributed by atoms with Gasteiger partial charge in [-0.05, 0) is 18.2 Å². The molecule has 2 aromatic heterocycles. The second-order valence-corrected chi connectivity index (χ2v) is 4.55. The molecule has 0 aliphatic rings. The molecule has 0 amide bonds. The number of hydrogen-bond acceptors (Lipinski definition) is 4. The fourth-order valence-electron chi connectivity index (χ4n) is 1.53. The summed E-state index contributed by atoms with van der Waals surface area (Å²) in [4.78, 5) is 18.2. The highest BCUT2D eigenvalue weighted by Gasteiger charge is 2.30. The number of alkyl halides is 2. The van der Waals surface area contributed by atoms with Crippen LogP contribution in [0.4, 0.5) is 8.78 Å². The molecule has 8 heteroatoms. The van der Waals surface area contributed by atoms with E-state index in [0.29, 0.717) is 6.92 Å². The molecule has 0 atom stereocenters. The number of carbonyl (C=O) groups is 1. The van der Waals surface area contributed by atoms with Gasteiger partial charge in [0.05, 0.1) is 5.56 Å². The molecule has 2 aromatic rings. The van der Waals surface area contributed by atoms with Gasteiger partial charge in [0.2, 0.25) is 5.88 Å². The van der Waals surface area contributed by atoms with Crippen LogP contribution in [0.25, 0.3) is 0 Å². The Morgan fingerprint density at radius 2 is 2.10 bits per heavy atom. The molecule has 0 saturated carbocycles. The van der Waals surface area contributed by atoms with Crippen molar-refractivity contribution in [2.75, 3.05) is 0 Å². The summed E-state index contributed by atoms with van der Waals surface area (Å²) in [5.41, 5.74) is -0.932. The van der Waals surface area contributed by atoms with Crippen molar-refractivity contribution in [3.8, 4) is 11.6 Å². The lowest BCUT2D eigenvalue weighted by atomic mass is 10.1. The summed E-state index contributed by atoms with van der Waals surface area (Å²) in [6, 6.07) is 4.64. The van der Waals surface area contributed by atoms with Crippen molar-refractivity contribution in [2.45, 2.75) is 12.8 Å². The van der Waals surface area contributed by atoms with Gasteiger partial charge in [-0.1, -0.05) is 11.6 Å². The molecule has 2 rings (SSSR count). The van der Waals surface area contributed by atoms with E-state index in [1.165, 1.54) is 18.3 Å². The lowest BCUT2D eigenvalue weighted by Gasteiger charge is -2.15. The van der Waals surface area contributed by atoms with E-state index < -0.39 is 29.0 Å². The third-order valence-electron chi connectivity index (χ3n) is 2.46. The first-order valence-electron chi connectivity index (χ1n) is 5.69. The first kappa shape index (κ1) is 15.1. The first-order valence-corrected chi connectivity index (χ1v) is 6.07. The number of rotatable bonds is 4. The predicted octanol–water partition coefficient (Wildman–Crippen LogP) is 3.73. The van der Waals surface area contributed by atoms with Gasteiger partial charge in [0.1, 0.15) is 10.9 Å². The molecule has 1 N–H and O–H groups in total. The van der Waals surface area contributed by atoms with E-state index in [-0.39, 0.29) is 10.9 Å². The Bertz CT molecular complexity index is 689. The maximum atomic E-state index is 13.5. The number of ether oxygens (including phenoxy) is 1. The van der Waals surface area contributed by atoms with Gasteiger partial charge >= 0.3 is 5.97 Å². The quantitative estimate of drug-likeness (QED) is 0.870. The number of aromatic nitrogens is 2. The number of pyridine rings is 2. The molecule has 0 bridgehead atoms. The molecule has 110 valence electrons. The molecule has 0 aromatic carbocycles. The van der Waals surface area contributed by atoms with Gasteiger partial charge in [-0.2, -0.15) is 0 Å². The van der Waals surface area contributed by atoms with Gasteiger partial charge in [0.25, 0.3) is 5.92 Å². The van der Waals surface area contributed by atoms with Crippen molar-refractivity contribution >= 4 is 17.6 Å². The molecule has 0 aliphatic heterocycles. The summed E-state index contributed by atoms with van der Waals surface area (Å²) in [7, 11) is 0. The van der Waals surface area contributed by atoms with Crippen molar-refractivity contribution < 1.29 is 23.4 Å². The van der Waals surface area contributed by atoms with Gasteiger partial charge in [-0.15, -0.1) is 0 Å². The van der Waals surface area contributed by atoms with E-state index in [4.69, 9.17) is 21.4 Å². The summed E-state index contributed by atoms with van der Waals surface area (Å²) < 4.78 is 32.3. The highest BCUT2D eigenvalue weighted by molar-refractivity contribution is 6.29. The van der Waals surface area contributed by atoms with Gasteiger partial charge in [0, 0.05) is 19.2 Å². The first-order chi connectivity index (χ1) is 9.77. The second-order valence-electron chi connectivity index (χ2n) is 4.16. The molecule has 0 fully saturated rings. The predicted molar refractivity (Wildman–Crippen MR) is 70.1 cm³/mol. The number of aromatic carboxylic acids is 1. The van der Waals surface area contributed by atoms with E-state index in [9.17, 15) is 13.6 Å². The Kier molecular flexibility index (Phi) is 4.04. The summed E-state index contributed by atoms with van der Waals surface area (Å²) in [6.07, 6.45) is 1.32. The average Bonchev–Trinajstić information content (AvgIpc) is 2.37. The summed E-state index contributed by atoms with van der Waals surface area (Å²) in [5, 5.41) is 8.98. The molecule has 21 heavy (non-hydrogen) atoms. The highest BCUT2D eigenvalue weighted by Crippen LogP contribution is 2.35. The zero-order valence-corrected chi connectivity index (χ0v) is 11.4. The topological polar surface area (TPSA) is 72.3 Å². The fourth-order valence-corrected chi connectivity index (χ4v) is 1.70. The minimum absolute atomic E-state index is 0.103. The van der Waals surface area contributed by atoms with E-state index in [0.717, 1.165) is 12.1 Å². The second kappa shape index (κ2) is 5.61. The summed E-state index contributed by atoms with van der Waals surface area (Å²) in [6.45, 7) is 0.664. The van der Waals surface area contributed by atoms with Crippen molar-refractivity contribution in [1.29, 1.82) is 0 Å². The van der Waals surface area contributed by atoms with Crippen LogP contribution in [0.3, 0.4) is 0 Å². The van der Waals surface area contributed by atoms with E-state index in [2.05, 4.69) is 9.97 Å². The third kappa shape index (κ3) is 3.63. The zero-order chi connectivity index (χ0) is 15.6. The Morgan fingerprint density at radius 1 is 1.38 bits per heavy atom. The third-order valence-corrected chi connectivity index (χ3v) is 2.67. The fraction of sp³-hybridized carbons (Fsp3) is 0.154. The van der Waals surface area contributed by atoms with Gasteiger partial charge < -0.3 is 9.84 Å². The van der Waals surface area contributed by atoms with E-state index in [1.807, 2.05) is 0 Å². The Balaban J connectivity index is 2.48. The maximum Gasteiger partial charge on any atom is 0.354 e. The van der Waals surface area contributed by atoms with Crippen LogP contribution in [0.2, 0.25) is 5.15 Å². The van der Waals surface area contributed by atoms with Crippen molar-refractivity contribution in [1.82, 2.24) is 9.97 Å². The minimum Gasteiger partial charge on any atom is -0.477 e. The van der Waals surface area contributed by atoms with Crippen molar-refractivity contribution in [2.24, 2.45) is 0 Å². The maximum absolute atomic E-state index is 13.5. The lowest BCUT2D eigenvalue weighted by molar-refractivity contribution is 0.0148. The van der Waals surface area contributed by atoms with Crippen LogP contribution in [0.15, 0.2) is 30.5 Å². The number of hydrogen-bond donors (Lipinski definition) is 1. The van der Waals surface area contributed by atoms with Crippen LogP contribution in [0, 0.1) is 0 Å². The largest absolute Gasteiger partial charge is 0.477 e. The molecule has 0 unspecified atom stereocenters. The van der Waals surface area contributed by atoms with Crippen LogP contribution in [0.1, 0.15) is 23.0 Å². The molecule has 0 spiro atoms. The summed E-state index contributed by atoms with van der Waals surface area (Å²) in [5.74, 6) is -4.96. The molecule has 2 heterocycles. The van der Waals surface area contributed by atoms with Crippen LogP contribution in [0.5, 0.6) is 11.6 Å². The number of halogens is 3. The SMILES string of the molecule is CC(F)(F)c1ccc(C(=O)O)nc1Oc1ccnc(Cl)c1. The van der Waals surface area contributed by atoms with Crippen LogP contribution in [-0.2, 0) is 5.92 Å². The number of carboxylic acids is 1. The van der Waals surface area contributed by atoms with Crippen LogP contribution in [-0.4, -0.2) is 21.0 Å². The molecule has 0 aliphatic carbocycles. The van der Waals surface area contributed by atoms with Crippen LogP contribution < -0.4 is 4.74 Å². The molecular formula is C13H9ClF2N2O3. The average molecular weight is 315 g/mol. The zero-order valence-electron chi connectivity index (χ0n) is 10.7. The Hall–Kier alpha value is -2.28. The van der Waals surface area contributed by atoms with Crippen LogP contribution >= 0.6 is 11.6 Å². The van der Waals surface area contributed by atoms with Gasteiger partial charge in [-0.25, -0.2) is 23.5 Å². The lowest BCUT2D eigenvalue weighted by Crippen LogP contribution is -2.12. The molecular weight excluding hydrogens is 306 g/mol. The number of nitrogens with zero attached hydrogens (tertiary/aromatic N) is 2.